The van der Waals surface area contributed by atoms with E-state index in [-0.39, 0.29) is 17.3 Å². The Morgan fingerprint density at radius 1 is 1.00 bits per heavy atom. The Bertz CT molecular complexity index is 773. The Morgan fingerprint density at radius 3 is 2.07 bits per heavy atom. The van der Waals surface area contributed by atoms with Crippen molar-refractivity contribution >= 4 is 17.8 Å². The van der Waals surface area contributed by atoms with E-state index in [9.17, 15) is 23.2 Å². The van der Waals surface area contributed by atoms with Gasteiger partial charge in [0.05, 0.1) is 5.41 Å². The van der Waals surface area contributed by atoms with Gasteiger partial charge in [0.1, 0.15) is 5.75 Å². The minimum Gasteiger partial charge on any atom is -0.455 e. The smallest absolute Gasteiger partial charge is 0.387 e. The van der Waals surface area contributed by atoms with Crippen molar-refractivity contribution in [1.29, 1.82) is 0 Å². The van der Waals surface area contributed by atoms with E-state index in [1.54, 1.807) is 0 Å². The predicted molar refractivity (Wildman–Crippen MR) is 97.1 cm³/mol. The minimum absolute atomic E-state index is 0.0904. The third-order valence-corrected chi connectivity index (χ3v) is 6.40. The number of benzene rings is 1. The second-order valence-corrected chi connectivity index (χ2v) is 8.55. The van der Waals surface area contributed by atoms with Gasteiger partial charge in [-0.2, -0.15) is 8.78 Å². The molecule has 156 valence electrons. The van der Waals surface area contributed by atoms with Gasteiger partial charge in [-0.1, -0.05) is 0 Å². The molecular formula is C21H23F2NO5. The molecular weight excluding hydrogens is 384 g/mol. The summed E-state index contributed by atoms with van der Waals surface area (Å²) in [6.45, 7) is -3.47. The van der Waals surface area contributed by atoms with Crippen LogP contribution in [-0.2, 0) is 14.3 Å². The first-order valence-corrected chi connectivity index (χ1v) is 9.89. The van der Waals surface area contributed by atoms with Crippen LogP contribution in [0.25, 0.3) is 0 Å². The van der Waals surface area contributed by atoms with Crippen molar-refractivity contribution in [3.05, 3.63) is 29.8 Å². The number of carbonyl (C=O) groups is 3. The summed E-state index contributed by atoms with van der Waals surface area (Å²) >= 11 is 0. The molecule has 4 saturated carbocycles. The molecule has 6 nitrogen and oxygen atoms in total. The summed E-state index contributed by atoms with van der Waals surface area (Å²) < 4.78 is 33.8. The SMILES string of the molecule is O=C(COC(=O)C12CC3CC(CC(C3)C1)C2)NC(=O)c1ccc(OC(F)F)cc1. The highest BCUT2D eigenvalue weighted by Crippen LogP contribution is 2.60. The second kappa shape index (κ2) is 7.72. The monoisotopic (exact) mass is 407 g/mol. The van der Waals surface area contributed by atoms with E-state index in [4.69, 9.17) is 4.74 Å². The predicted octanol–water partition coefficient (Wildman–Crippen LogP) is 3.30. The Balaban J connectivity index is 1.28. The Kier molecular flexibility index (Phi) is 5.27. The van der Waals surface area contributed by atoms with Crippen molar-refractivity contribution in [3.63, 3.8) is 0 Å². The number of alkyl halides is 2. The Morgan fingerprint density at radius 2 is 1.55 bits per heavy atom. The zero-order valence-electron chi connectivity index (χ0n) is 15.9. The number of rotatable bonds is 6. The molecule has 1 aromatic rings. The van der Waals surface area contributed by atoms with E-state index in [1.807, 2.05) is 0 Å². The van der Waals surface area contributed by atoms with Crippen LogP contribution in [0.3, 0.4) is 0 Å². The minimum atomic E-state index is -2.96. The van der Waals surface area contributed by atoms with E-state index in [1.165, 1.54) is 43.5 Å². The lowest BCUT2D eigenvalue weighted by atomic mass is 9.49. The highest BCUT2D eigenvalue weighted by atomic mass is 19.3. The maximum atomic E-state index is 12.7. The van der Waals surface area contributed by atoms with Crippen molar-refractivity contribution in [2.45, 2.75) is 45.1 Å². The standard InChI is InChI=1S/C21H23F2NO5/c22-20(23)29-16-3-1-15(2-4-16)18(26)24-17(25)11-28-19(27)21-8-12-5-13(9-21)7-14(6-12)10-21/h1-4,12-14,20H,5-11H2,(H,24,25,26). The Labute approximate surface area is 166 Å². The third-order valence-electron chi connectivity index (χ3n) is 6.40. The molecule has 4 bridgehead atoms. The van der Waals surface area contributed by atoms with Gasteiger partial charge in [0.25, 0.3) is 11.8 Å². The molecule has 2 amide bonds. The lowest BCUT2D eigenvalue weighted by molar-refractivity contribution is -0.173. The van der Waals surface area contributed by atoms with Gasteiger partial charge >= 0.3 is 12.6 Å². The molecule has 4 aliphatic rings. The summed E-state index contributed by atoms with van der Waals surface area (Å²) in [4.78, 5) is 36.9. The molecule has 0 aliphatic heterocycles. The molecule has 1 N–H and O–H groups in total. The number of hydrogen-bond acceptors (Lipinski definition) is 5. The van der Waals surface area contributed by atoms with Crippen LogP contribution in [0.4, 0.5) is 8.78 Å². The van der Waals surface area contributed by atoms with E-state index >= 15 is 0 Å². The topological polar surface area (TPSA) is 81.7 Å². The van der Waals surface area contributed by atoms with Crippen molar-refractivity contribution in [2.24, 2.45) is 23.2 Å². The molecule has 4 fully saturated rings. The van der Waals surface area contributed by atoms with E-state index in [0.717, 1.165) is 19.3 Å². The number of hydrogen-bond donors (Lipinski definition) is 1. The largest absolute Gasteiger partial charge is 0.455 e. The zero-order valence-corrected chi connectivity index (χ0v) is 15.9. The van der Waals surface area contributed by atoms with Crippen molar-refractivity contribution in [2.75, 3.05) is 6.61 Å². The number of halogens is 2. The van der Waals surface area contributed by atoms with Gasteiger partial charge in [0, 0.05) is 5.56 Å². The van der Waals surface area contributed by atoms with Crippen LogP contribution in [0.15, 0.2) is 24.3 Å². The molecule has 8 heteroatoms. The average molecular weight is 407 g/mol. The van der Waals surface area contributed by atoms with Gasteiger partial charge in [0.2, 0.25) is 0 Å². The number of nitrogens with one attached hydrogen (secondary N) is 1. The fourth-order valence-corrected chi connectivity index (χ4v) is 5.67. The number of ether oxygens (including phenoxy) is 2. The fourth-order valence-electron chi connectivity index (χ4n) is 5.67. The molecule has 5 rings (SSSR count). The normalized spacial score (nSPS) is 29.6. The van der Waals surface area contributed by atoms with Gasteiger partial charge < -0.3 is 9.47 Å². The summed E-state index contributed by atoms with van der Waals surface area (Å²) in [7, 11) is 0. The van der Waals surface area contributed by atoms with Crippen LogP contribution in [0.2, 0.25) is 0 Å². The number of esters is 1. The van der Waals surface area contributed by atoms with Crippen LogP contribution >= 0.6 is 0 Å². The quantitative estimate of drug-likeness (QED) is 0.732. The number of amides is 2. The molecule has 0 heterocycles. The highest BCUT2D eigenvalue weighted by molar-refractivity contribution is 6.05. The van der Waals surface area contributed by atoms with Crippen LogP contribution in [0.1, 0.15) is 48.9 Å². The second-order valence-electron chi connectivity index (χ2n) is 8.55. The molecule has 29 heavy (non-hydrogen) atoms. The lowest BCUT2D eigenvalue weighted by Gasteiger charge is -2.55. The van der Waals surface area contributed by atoms with Crippen molar-refractivity contribution in [1.82, 2.24) is 5.32 Å². The molecule has 0 atom stereocenters. The fraction of sp³-hybridized carbons (Fsp3) is 0.571. The van der Waals surface area contributed by atoms with Gasteiger partial charge in [0.15, 0.2) is 6.61 Å². The van der Waals surface area contributed by atoms with Crippen LogP contribution in [0.5, 0.6) is 5.75 Å². The third kappa shape index (κ3) is 4.26. The molecule has 0 unspecified atom stereocenters. The van der Waals surface area contributed by atoms with Gasteiger partial charge in [-0.25, -0.2) is 0 Å². The molecule has 4 aliphatic carbocycles. The first kappa shape index (κ1) is 19.8. The first-order valence-electron chi connectivity index (χ1n) is 9.89. The lowest BCUT2D eigenvalue weighted by Crippen LogP contribution is -2.51. The van der Waals surface area contributed by atoms with Gasteiger partial charge in [-0.05, 0) is 80.5 Å². The summed E-state index contributed by atoms with van der Waals surface area (Å²) in [5, 5.41) is 2.14. The Hall–Kier alpha value is -2.51. The zero-order chi connectivity index (χ0) is 20.6. The summed E-state index contributed by atoms with van der Waals surface area (Å²) in [5.74, 6) is -0.0887. The highest BCUT2D eigenvalue weighted by Gasteiger charge is 2.55. The molecule has 0 saturated heterocycles. The van der Waals surface area contributed by atoms with Gasteiger partial charge in [-0.15, -0.1) is 0 Å². The summed E-state index contributed by atoms with van der Waals surface area (Å²) in [5.41, 5.74) is -0.355. The van der Waals surface area contributed by atoms with Crippen molar-refractivity contribution in [3.8, 4) is 5.75 Å². The summed E-state index contributed by atoms with van der Waals surface area (Å²) in [6.07, 6.45) is 6.11. The van der Waals surface area contributed by atoms with Crippen LogP contribution in [0, 0.1) is 23.2 Å². The molecule has 1 aromatic carbocycles. The molecule has 0 aromatic heterocycles. The van der Waals surface area contributed by atoms with Crippen LogP contribution < -0.4 is 10.1 Å². The van der Waals surface area contributed by atoms with E-state index < -0.39 is 30.4 Å². The average Bonchev–Trinajstić information content (AvgIpc) is 2.65. The summed E-state index contributed by atoms with van der Waals surface area (Å²) in [6, 6.07) is 4.95. The van der Waals surface area contributed by atoms with E-state index in [0.29, 0.717) is 17.8 Å². The molecule has 0 spiro atoms. The number of carbonyl (C=O) groups excluding carboxylic acids is 3. The first-order chi connectivity index (χ1) is 13.8. The maximum Gasteiger partial charge on any atom is 0.387 e. The van der Waals surface area contributed by atoms with Crippen LogP contribution in [-0.4, -0.2) is 31.0 Å². The van der Waals surface area contributed by atoms with Crippen molar-refractivity contribution < 1.29 is 32.6 Å². The van der Waals surface area contributed by atoms with E-state index in [2.05, 4.69) is 10.1 Å². The maximum absolute atomic E-state index is 12.7. The molecule has 0 radical (unpaired) electrons. The van der Waals surface area contributed by atoms with Gasteiger partial charge in [-0.3, -0.25) is 19.7 Å². The number of imide groups is 1.